The molecule has 0 aromatic rings. The van der Waals surface area contributed by atoms with Crippen LogP contribution in [0.25, 0.3) is 0 Å². The molecule has 8 heteroatoms. The molecular weight excluding hydrogens is 380 g/mol. The minimum Gasteiger partial charge on any atom is -0.396 e. The van der Waals surface area contributed by atoms with Crippen molar-refractivity contribution >= 4 is 0 Å². The lowest BCUT2D eigenvalue weighted by atomic mass is 9.73. The van der Waals surface area contributed by atoms with Crippen LogP contribution in [0.4, 0.5) is 0 Å². The first-order valence-corrected chi connectivity index (χ1v) is 10.9. The monoisotopic (exact) mass is 416 g/mol. The van der Waals surface area contributed by atoms with E-state index in [-0.39, 0.29) is 24.5 Å². The van der Waals surface area contributed by atoms with Crippen molar-refractivity contribution in [3.8, 4) is 0 Å². The average Bonchev–Trinajstić information content (AvgIpc) is 3.15. The van der Waals surface area contributed by atoms with Crippen LogP contribution < -0.4 is 0 Å². The number of rotatable bonds is 5. The molecule has 4 rings (SSSR count). The van der Waals surface area contributed by atoms with Crippen LogP contribution in [0.5, 0.6) is 0 Å². The first kappa shape index (κ1) is 21.9. The van der Waals surface area contributed by atoms with Crippen molar-refractivity contribution in [1.82, 2.24) is 0 Å². The normalized spacial score (nSPS) is 57.1. The fourth-order valence-electron chi connectivity index (χ4n) is 6.80. The summed E-state index contributed by atoms with van der Waals surface area (Å²) in [6.45, 7) is 4.00. The zero-order valence-electron chi connectivity index (χ0n) is 17.2. The second-order valence-electron chi connectivity index (χ2n) is 10.2. The minimum absolute atomic E-state index is 0.0428. The molecule has 1 aliphatic heterocycles. The van der Waals surface area contributed by atoms with Gasteiger partial charge in [-0.25, -0.2) is 0 Å². The van der Waals surface area contributed by atoms with Crippen molar-refractivity contribution in [2.24, 2.45) is 35.0 Å². The van der Waals surface area contributed by atoms with E-state index in [9.17, 15) is 30.6 Å². The molecule has 168 valence electrons. The predicted octanol–water partition coefficient (Wildman–Crippen LogP) is -0.765. The van der Waals surface area contributed by atoms with Gasteiger partial charge in [-0.15, -0.1) is 0 Å². The third-order valence-corrected chi connectivity index (χ3v) is 8.67. The first-order chi connectivity index (χ1) is 13.7. The molecule has 3 aliphatic carbocycles. The van der Waals surface area contributed by atoms with Gasteiger partial charge in [0.1, 0.15) is 24.4 Å². The molecule has 0 radical (unpaired) electrons. The zero-order chi connectivity index (χ0) is 21.1. The van der Waals surface area contributed by atoms with Crippen molar-refractivity contribution < 1.29 is 40.1 Å². The van der Waals surface area contributed by atoms with E-state index in [0.717, 1.165) is 19.3 Å². The van der Waals surface area contributed by atoms with Gasteiger partial charge in [-0.1, -0.05) is 20.3 Å². The molecular formula is C21H36O8. The van der Waals surface area contributed by atoms with Gasteiger partial charge in [0, 0.05) is 6.61 Å². The van der Waals surface area contributed by atoms with E-state index in [1.54, 1.807) is 0 Å². The lowest BCUT2D eigenvalue weighted by Crippen LogP contribution is -2.60. The van der Waals surface area contributed by atoms with E-state index in [0.29, 0.717) is 30.1 Å². The van der Waals surface area contributed by atoms with Gasteiger partial charge in [0.25, 0.3) is 0 Å². The molecule has 12 atom stereocenters. The van der Waals surface area contributed by atoms with Crippen molar-refractivity contribution in [2.45, 2.75) is 75.8 Å². The summed E-state index contributed by atoms with van der Waals surface area (Å²) in [6.07, 6.45) is -3.36. The number of ether oxygens (including phenoxy) is 2. The van der Waals surface area contributed by atoms with Gasteiger partial charge in [-0.05, 0) is 54.3 Å². The summed E-state index contributed by atoms with van der Waals surface area (Å²) in [4.78, 5) is 0. The van der Waals surface area contributed by atoms with E-state index in [1.807, 2.05) is 0 Å². The Hall–Kier alpha value is -0.320. The quantitative estimate of drug-likeness (QED) is 0.344. The molecule has 1 saturated heterocycles. The Morgan fingerprint density at radius 1 is 1.00 bits per heavy atom. The van der Waals surface area contributed by atoms with Crippen molar-refractivity contribution in [1.29, 1.82) is 0 Å². The molecule has 0 amide bonds. The number of aliphatic hydroxyl groups is 6. The molecule has 0 spiro atoms. The van der Waals surface area contributed by atoms with Crippen LogP contribution in [0, 0.1) is 35.0 Å². The van der Waals surface area contributed by atoms with E-state index in [2.05, 4.69) is 13.8 Å². The van der Waals surface area contributed by atoms with Crippen LogP contribution in [0.2, 0.25) is 0 Å². The Morgan fingerprint density at radius 3 is 2.38 bits per heavy atom. The molecule has 29 heavy (non-hydrogen) atoms. The molecule has 1 heterocycles. The van der Waals surface area contributed by atoms with Crippen LogP contribution >= 0.6 is 0 Å². The Labute approximate surface area is 171 Å². The highest BCUT2D eigenvalue weighted by Crippen LogP contribution is 2.71. The smallest absolute Gasteiger partial charge is 0.186 e. The number of aliphatic hydroxyl groups excluding tert-OH is 5. The number of fused-ring (bicyclic) bond motifs is 3. The Bertz CT molecular complexity index is 601. The maximum Gasteiger partial charge on any atom is 0.186 e. The predicted molar refractivity (Wildman–Crippen MR) is 101 cm³/mol. The molecule has 0 unspecified atom stereocenters. The maximum absolute atomic E-state index is 11.6. The van der Waals surface area contributed by atoms with Gasteiger partial charge in [-0.3, -0.25) is 0 Å². The summed E-state index contributed by atoms with van der Waals surface area (Å²) >= 11 is 0. The van der Waals surface area contributed by atoms with Crippen molar-refractivity contribution in [3.05, 3.63) is 0 Å². The SMILES string of the molecule is C[C@@H]1CC[C@H]2[C@@H]1[C@H]1[C@@H](CC[C@@]2(O)CO[C@@H]2O[C@H](CO)[C@@H](O)[C@H](O)[C@H]2O)[C@]1(C)CO. The molecule has 0 bridgehead atoms. The fourth-order valence-corrected chi connectivity index (χ4v) is 6.80. The van der Waals surface area contributed by atoms with Crippen LogP contribution in [0.3, 0.4) is 0 Å². The van der Waals surface area contributed by atoms with Crippen LogP contribution in [-0.2, 0) is 9.47 Å². The Morgan fingerprint density at radius 2 is 1.72 bits per heavy atom. The van der Waals surface area contributed by atoms with Crippen LogP contribution in [-0.4, -0.2) is 86.8 Å². The highest BCUT2D eigenvalue weighted by molar-refractivity contribution is 5.17. The Kier molecular flexibility index (Phi) is 5.79. The van der Waals surface area contributed by atoms with Gasteiger partial charge in [0.15, 0.2) is 6.29 Å². The van der Waals surface area contributed by atoms with Gasteiger partial charge in [-0.2, -0.15) is 0 Å². The van der Waals surface area contributed by atoms with Gasteiger partial charge < -0.3 is 40.1 Å². The summed E-state index contributed by atoms with van der Waals surface area (Å²) in [7, 11) is 0. The second kappa shape index (κ2) is 7.67. The molecule has 4 aliphatic rings. The van der Waals surface area contributed by atoms with E-state index in [4.69, 9.17) is 9.47 Å². The zero-order valence-corrected chi connectivity index (χ0v) is 17.2. The number of hydrogen-bond donors (Lipinski definition) is 6. The fraction of sp³-hybridized carbons (Fsp3) is 1.00. The lowest BCUT2D eigenvalue weighted by molar-refractivity contribution is -0.311. The largest absolute Gasteiger partial charge is 0.396 e. The van der Waals surface area contributed by atoms with Crippen LogP contribution in [0.15, 0.2) is 0 Å². The summed E-state index contributed by atoms with van der Waals surface area (Å²) in [5, 5.41) is 61.0. The second-order valence-corrected chi connectivity index (χ2v) is 10.2. The molecule has 3 saturated carbocycles. The highest BCUT2D eigenvalue weighted by atomic mass is 16.7. The molecule has 0 aromatic carbocycles. The van der Waals surface area contributed by atoms with E-state index >= 15 is 0 Å². The average molecular weight is 417 g/mol. The highest BCUT2D eigenvalue weighted by Gasteiger charge is 2.69. The van der Waals surface area contributed by atoms with Gasteiger partial charge in [0.05, 0.1) is 18.8 Å². The summed E-state index contributed by atoms with van der Waals surface area (Å²) in [5.41, 5.74) is -1.13. The Balaban J connectivity index is 1.47. The third kappa shape index (κ3) is 3.36. The molecule has 4 fully saturated rings. The van der Waals surface area contributed by atoms with Gasteiger partial charge >= 0.3 is 0 Å². The summed E-state index contributed by atoms with van der Waals surface area (Å²) in [6, 6.07) is 0. The standard InChI is InChI=1S/C21H36O8/c1-10-3-4-11-14(10)15-12(20(15,2)8-23)5-6-21(11,27)9-28-19-18(26)17(25)16(24)13(7-22)29-19/h10-19,22-27H,3-9H2,1-2H3/t10-,11+,12-,13-,14-,15-,16-,17+,18-,19-,20+,21-/m1/s1. The number of hydrogen-bond acceptors (Lipinski definition) is 8. The van der Waals surface area contributed by atoms with E-state index < -0.39 is 42.9 Å². The van der Waals surface area contributed by atoms with Crippen LogP contribution in [0.1, 0.15) is 39.5 Å². The van der Waals surface area contributed by atoms with Crippen molar-refractivity contribution in [3.63, 3.8) is 0 Å². The summed E-state index contributed by atoms with van der Waals surface area (Å²) in [5.74, 6) is 1.66. The van der Waals surface area contributed by atoms with Crippen molar-refractivity contribution in [2.75, 3.05) is 19.8 Å². The third-order valence-electron chi connectivity index (χ3n) is 8.67. The maximum atomic E-state index is 11.6. The van der Waals surface area contributed by atoms with E-state index in [1.165, 1.54) is 0 Å². The molecule has 0 aromatic heterocycles. The lowest BCUT2D eigenvalue weighted by Gasteiger charge is -2.43. The molecule has 8 nitrogen and oxygen atoms in total. The summed E-state index contributed by atoms with van der Waals surface area (Å²) < 4.78 is 11.2. The molecule has 6 N–H and O–H groups in total. The van der Waals surface area contributed by atoms with Gasteiger partial charge in [0.2, 0.25) is 0 Å². The first-order valence-electron chi connectivity index (χ1n) is 10.9. The topological polar surface area (TPSA) is 140 Å². The minimum atomic E-state index is -1.49.